The normalized spacial score (nSPS) is 14.9. The van der Waals surface area contributed by atoms with E-state index in [1.54, 1.807) is 11.3 Å². The molecular formula is C16H21N3OS. The summed E-state index contributed by atoms with van der Waals surface area (Å²) in [5, 5.41) is 0.926. The first-order chi connectivity index (χ1) is 10.1. The Kier molecular flexibility index (Phi) is 3.85. The average Bonchev–Trinajstić information content (AvgIpc) is 3.11. The van der Waals surface area contributed by atoms with Gasteiger partial charge in [0, 0.05) is 20.1 Å². The maximum atomic E-state index is 12.2. The number of amides is 1. The van der Waals surface area contributed by atoms with Crippen LogP contribution in [0.25, 0.3) is 10.2 Å². The monoisotopic (exact) mass is 303 g/mol. The van der Waals surface area contributed by atoms with Gasteiger partial charge in [-0.2, -0.15) is 0 Å². The minimum Gasteiger partial charge on any atom is -0.342 e. The van der Waals surface area contributed by atoms with E-state index in [4.69, 9.17) is 4.98 Å². The topological polar surface area (TPSA) is 36.4 Å². The van der Waals surface area contributed by atoms with E-state index in [1.165, 1.54) is 15.8 Å². The van der Waals surface area contributed by atoms with E-state index < -0.39 is 0 Å². The van der Waals surface area contributed by atoms with Gasteiger partial charge in [0.15, 0.2) is 5.13 Å². The molecule has 1 saturated heterocycles. The summed E-state index contributed by atoms with van der Waals surface area (Å²) in [6, 6.07) is 4.24. The second-order valence-corrected chi connectivity index (χ2v) is 6.80. The van der Waals surface area contributed by atoms with E-state index in [0.29, 0.717) is 6.54 Å². The summed E-state index contributed by atoms with van der Waals surface area (Å²) < 4.78 is 1.23. The third kappa shape index (κ3) is 2.75. The number of carbonyl (C=O) groups excluding carboxylic acids is 1. The molecule has 1 aromatic carbocycles. The maximum absolute atomic E-state index is 12.2. The fourth-order valence-electron chi connectivity index (χ4n) is 2.75. The van der Waals surface area contributed by atoms with Crippen molar-refractivity contribution in [2.75, 3.05) is 31.6 Å². The van der Waals surface area contributed by atoms with E-state index in [-0.39, 0.29) is 5.91 Å². The Balaban J connectivity index is 1.81. The van der Waals surface area contributed by atoms with Crippen LogP contribution < -0.4 is 4.90 Å². The van der Waals surface area contributed by atoms with Crippen LogP contribution in [0.5, 0.6) is 0 Å². The third-order valence-corrected chi connectivity index (χ3v) is 5.39. The molecule has 0 saturated carbocycles. The Bertz CT molecular complexity index is 634. The van der Waals surface area contributed by atoms with E-state index >= 15 is 0 Å². The van der Waals surface area contributed by atoms with E-state index in [9.17, 15) is 4.79 Å². The van der Waals surface area contributed by atoms with Gasteiger partial charge in [-0.3, -0.25) is 4.79 Å². The standard InChI is InChI=1S/C16H21N3OS/c1-11-6-7-12(2)15-14(11)17-16(21-15)18(3)10-13(20)19-8-4-5-9-19/h6-7H,4-5,8-10H2,1-3H3. The van der Waals surface area contributed by atoms with Crippen LogP contribution in [0.3, 0.4) is 0 Å². The van der Waals surface area contributed by atoms with Gasteiger partial charge in [-0.1, -0.05) is 23.5 Å². The molecular weight excluding hydrogens is 282 g/mol. The summed E-state index contributed by atoms with van der Waals surface area (Å²) in [4.78, 5) is 20.9. The molecule has 1 amide bonds. The van der Waals surface area contributed by atoms with Gasteiger partial charge in [0.05, 0.1) is 16.8 Å². The molecule has 1 fully saturated rings. The number of likely N-dealkylation sites (N-methyl/N-ethyl adjacent to an activating group) is 1. The first-order valence-electron chi connectivity index (χ1n) is 7.42. The summed E-state index contributed by atoms with van der Waals surface area (Å²) in [6.07, 6.45) is 2.27. The first-order valence-corrected chi connectivity index (χ1v) is 8.23. The fourth-order valence-corrected chi connectivity index (χ4v) is 3.82. The van der Waals surface area contributed by atoms with Crippen LogP contribution in [-0.4, -0.2) is 42.5 Å². The smallest absolute Gasteiger partial charge is 0.242 e. The number of hydrogen-bond acceptors (Lipinski definition) is 4. The Morgan fingerprint density at radius 3 is 2.62 bits per heavy atom. The van der Waals surface area contributed by atoms with Gasteiger partial charge < -0.3 is 9.80 Å². The number of nitrogens with zero attached hydrogens (tertiary/aromatic N) is 3. The van der Waals surface area contributed by atoms with Crippen LogP contribution in [0.4, 0.5) is 5.13 Å². The number of rotatable bonds is 3. The minimum absolute atomic E-state index is 0.211. The largest absolute Gasteiger partial charge is 0.342 e. The molecule has 2 aromatic rings. The molecule has 0 spiro atoms. The van der Waals surface area contributed by atoms with Gasteiger partial charge in [0.25, 0.3) is 0 Å². The van der Waals surface area contributed by atoms with Gasteiger partial charge in [0.2, 0.25) is 5.91 Å². The highest BCUT2D eigenvalue weighted by atomic mass is 32.1. The molecule has 0 atom stereocenters. The number of likely N-dealkylation sites (tertiary alicyclic amines) is 1. The minimum atomic E-state index is 0.211. The van der Waals surface area contributed by atoms with Crippen molar-refractivity contribution in [3.05, 3.63) is 23.3 Å². The van der Waals surface area contributed by atoms with Crippen LogP contribution in [-0.2, 0) is 4.79 Å². The zero-order chi connectivity index (χ0) is 15.0. The van der Waals surface area contributed by atoms with Crippen molar-refractivity contribution < 1.29 is 4.79 Å². The molecule has 5 heteroatoms. The predicted molar refractivity (Wildman–Crippen MR) is 88.2 cm³/mol. The number of aromatic nitrogens is 1. The zero-order valence-electron chi connectivity index (χ0n) is 12.8. The lowest BCUT2D eigenvalue weighted by molar-refractivity contribution is -0.128. The molecule has 0 aliphatic carbocycles. The SMILES string of the molecule is Cc1ccc(C)c2sc(N(C)CC(=O)N3CCCC3)nc12. The number of aryl methyl sites for hydroxylation is 2. The van der Waals surface area contributed by atoms with Crippen LogP contribution in [0, 0.1) is 13.8 Å². The van der Waals surface area contributed by atoms with Crippen molar-refractivity contribution in [3.8, 4) is 0 Å². The number of anilines is 1. The number of benzene rings is 1. The number of fused-ring (bicyclic) bond motifs is 1. The van der Waals surface area contributed by atoms with E-state index in [1.807, 2.05) is 16.8 Å². The Morgan fingerprint density at radius 1 is 1.29 bits per heavy atom. The lowest BCUT2D eigenvalue weighted by Crippen LogP contribution is -2.37. The van der Waals surface area contributed by atoms with Crippen LogP contribution >= 0.6 is 11.3 Å². The number of carbonyl (C=O) groups is 1. The van der Waals surface area contributed by atoms with E-state index in [2.05, 4.69) is 26.0 Å². The van der Waals surface area contributed by atoms with Gasteiger partial charge in [-0.25, -0.2) is 4.98 Å². The highest BCUT2D eigenvalue weighted by Gasteiger charge is 2.20. The summed E-state index contributed by atoms with van der Waals surface area (Å²) in [7, 11) is 1.95. The molecule has 21 heavy (non-hydrogen) atoms. The summed E-state index contributed by atoms with van der Waals surface area (Å²) in [6.45, 7) is 6.42. The molecule has 2 heterocycles. The van der Waals surface area contributed by atoms with Crippen LogP contribution in [0.2, 0.25) is 0 Å². The number of thiazole rings is 1. The summed E-state index contributed by atoms with van der Waals surface area (Å²) >= 11 is 1.67. The summed E-state index contributed by atoms with van der Waals surface area (Å²) in [5.74, 6) is 0.211. The number of hydrogen-bond donors (Lipinski definition) is 0. The second kappa shape index (κ2) is 5.64. The molecule has 4 nitrogen and oxygen atoms in total. The predicted octanol–water partition coefficient (Wildman–Crippen LogP) is 2.97. The van der Waals surface area contributed by atoms with Gasteiger partial charge in [0.1, 0.15) is 0 Å². The highest BCUT2D eigenvalue weighted by molar-refractivity contribution is 7.22. The van der Waals surface area contributed by atoms with Gasteiger partial charge >= 0.3 is 0 Å². The average molecular weight is 303 g/mol. The molecule has 3 rings (SSSR count). The summed E-state index contributed by atoms with van der Waals surface area (Å²) in [5.41, 5.74) is 3.51. The maximum Gasteiger partial charge on any atom is 0.242 e. The van der Waals surface area contributed by atoms with Crippen molar-refractivity contribution in [3.63, 3.8) is 0 Å². The molecule has 1 aliphatic rings. The quantitative estimate of drug-likeness (QED) is 0.874. The van der Waals surface area contributed by atoms with Crippen LogP contribution in [0.15, 0.2) is 12.1 Å². The third-order valence-electron chi connectivity index (χ3n) is 4.09. The van der Waals surface area contributed by atoms with Gasteiger partial charge in [-0.05, 0) is 37.8 Å². The zero-order valence-corrected chi connectivity index (χ0v) is 13.7. The lowest BCUT2D eigenvalue weighted by Gasteiger charge is -2.20. The van der Waals surface area contributed by atoms with Gasteiger partial charge in [-0.15, -0.1) is 0 Å². The molecule has 0 radical (unpaired) electrons. The first kappa shape index (κ1) is 14.3. The molecule has 0 N–H and O–H groups in total. The molecule has 0 unspecified atom stereocenters. The lowest BCUT2D eigenvalue weighted by atomic mass is 10.1. The fraction of sp³-hybridized carbons (Fsp3) is 0.500. The molecule has 1 aliphatic heterocycles. The highest BCUT2D eigenvalue weighted by Crippen LogP contribution is 2.32. The Labute approximate surface area is 129 Å². The van der Waals surface area contributed by atoms with Crippen molar-refractivity contribution in [2.45, 2.75) is 26.7 Å². The second-order valence-electron chi connectivity index (χ2n) is 5.82. The van der Waals surface area contributed by atoms with Crippen molar-refractivity contribution >= 4 is 32.6 Å². The van der Waals surface area contributed by atoms with Crippen molar-refractivity contribution in [1.82, 2.24) is 9.88 Å². The Morgan fingerprint density at radius 2 is 1.95 bits per heavy atom. The van der Waals surface area contributed by atoms with Crippen molar-refractivity contribution in [2.24, 2.45) is 0 Å². The molecule has 1 aromatic heterocycles. The molecule has 112 valence electrons. The van der Waals surface area contributed by atoms with Crippen LogP contribution in [0.1, 0.15) is 24.0 Å². The molecule has 0 bridgehead atoms. The van der Waals surface area contributed by atoms with Crippen molar-refractivity contribution in [1.29, 1.82) is 0 Å². The van der Waals surface area contributed by atoms with E-state index in [0.717, 1.165) is 36.6 Å². The Hall–Kier alpha value is -1.62.